The highest BCUT2D eigenvalue weighted by Gasteiger charge is 2.21. The third-order valence-corrected chi connectivity index (χ3v) is 5.31. The number of hydrogen-bond acceptors (Lipinski definition) is 2. The first kappa shape index (κ1) is 20.2. The molecule has 1 aromatic heterocycles. The third-order valence-electron chi connectivity index (χ3n) is 5.08. The number of benzene rings is 2. The lowest BCUT2D eigenvalue weighted by molar-refractivity contribution is -0.137. The number of aliphatic carboxylic acids is 1. The molecule has 0 atom stereocenters. The van der Waals surface area contributed by atoms with Crippen LogP contribution in [0.15, 0.2) is 48.5 Å². The minimum absolute atomic E-state index is 0.000598. The second-order valence-electron chi connectivity index (χ2n) is 7.05. The van der Waals surface area contributed by atoms with E-state index in [0.717, 1.165) is 35.9 Å². The lowest BCUT2D eigenvalue weighted by atomic mass is 9.98. The molecule has 0 saturated carbocycles. The summed E-state index contributed by atoms with van der Waals surface area (Å²) < 4.78 is 2.07. The molecule has 4 nitrogen and oxygen atoms in total. The van der Waals surface area contributed by atoms with Crippen LogP contribution in [0.4, 0.5) is 0 Å². The van der Waals surface area contributed by atoms with E-state index in [1.54, 1.807) is 0 Å². The van der Waals surface area contributed by atoms with Gasteiger partial charge in [0.05, 0.1) is 0 Å². The highest BCUT2D eigenvalue weighted by atomic mass is 35.5. The van der Waals surface area contributed by atoms with E-state index in [-0.39, 0.29) is 18.6 Å². The number of carboxylic acid groups (broad SMARTS) is 1. The SMILES string of the molecule is Cn1c(CCCc2ccccc2)c(C(=O)CCCC(=O)O)c2cc(Cl)ccc21. The van der Waals surface area contributed by atoms with Crippen LogP contribution in [0.3, 0.4) is 0 Å². The number of Topliss-reactive ketones (excluding diaryl/α,β-unsaturated/α-hetero) is 1. The Bertz CT molecular complexity index is 992. The van der Waals surface area contributed by atoms with Crippen molar-refractivity contribution in [2.75, 3.05) is 0 Å². The number of halogens is 1. The van der Waals surface area contributed by atoms with Crippen molar-refractivity contribution in [3.63, 3.8) is 0 Å². The van der Waals surface area contributed by atoms with Crippen molar-refractivity contribution in [1.29, 1.82) is 0 Å². The highest BCUT2D eigenvalue weighted by Crippen LogP contribution is 2.30. The number of rotatable bonds is 9. The maximum atomic E-state index is 13.0. The van der Waals surface area contributed by atoms with Gasteiger partial charge in [-0.05, 0) is 49.4 Å². The smallest absolute Gasteiger partial charge is 0.303 e. The number of hydrogen-bond donors (Lipinski definition) is 1. The summed E-state index contributed by atoms with van der Waals surface area (Å²) in [7, 11) is 1.97. The van der Waals surface area contributed by atoms with Crippen LogP contribution >= 0.6 is 11.6 Å². The molecule has 3 aromatic rings. The van der Waals surface area contributed by atoms with Crippen LogP contribution in [0.25, 0.3) is 10.9 Å². The largest absolute Gasteiger partial charge is 0.481 e. The fraction of sp³-hybridized carbons (Fsp3) is 0.304. The average Bonchev–Trinajstić information content (AvgIpc) is 2.93. The van der Waals surface area contributed by atoms with Gasteiger partial charge in [-0.3, -0.25) is 9.59 Å². The summed E-state index contributed by atoms with van der Waals surface area (Å²) in [6.07, 6.45) is 3.21. The molecule has 2 aromatic carbocycles. The van der Waals surface area contributed by atoms with Crippen LogP contribution in [-0.2, 0) is 24.7 Å². The zero-order valence-electron chi connectivity index (χ0n) is 16.0. The van der Waals surface area contributed by atoms with Gasteiger partial charge in [-0.1, -0.05) is 41.9 Å². The molecule has 0 aliphatic heterocycles. The molecule has 5 heteroatoms. The van der Waals surface area contributed by atoms with Gasteiger partial charge in [0.1, 0.15) is 0 Å². The molecular formula is C23H24ClNO3. The van der Waals surface area contributed by atoms with Crippen LogP contribution in [0.2, 0.25) is 5.02 Å². The van der Waals surface area contributed by atoms with E-state index in [1.165, 1.54) is 5.56 Å². The van der Waals surface area contributed by atoms with Gasteiger partial charge in [-0.2, -0.15) is 0 Å². The van der Waals surface area contributed by atoms with E-state index in [0.29, 0.717) is 17.0 Å². The van der Waals surface area contributed by atoms with E-state index in [9.17, 15) is 9.59 Å². The lowest BCUT2D eigenvalue weighted by Crippen LogP contribution is -2.07. The number of fused-ring (bicyclic) bond motifs is 1. The van der Waals surface area contributed by atoms with Gasteiger partial charge in [-0.25, -0.2) is 0 Å². The molecule has 0 fully saturated rings. The van der Waals surface area contributed by atoms with Crippen LogP contribution in [-0.4, -0.2) is 21.4 Å². The first-order valence-electron chi connectivity index (χ1n) is 9.53. The molecule has 0 aliphatic carbocycles. The van der Waals surface area contributed by atoms with Crippen molar-refractivity contribution in [3.8, 4) is 0 Å². The van der Waals surface area contributed by atoms with Crippen molar-refractivity contribution in [3.05, 3.63) is 70.4 Å². The summed E-state index contributed by atoms with van der Waals surface area (Å²) in [6, 6.07) is 15.9. The first-order valence-corrected chi connectivity index (χ1v) is 9.91. The summed E-state index contributed by atoms with van der Waals surface area (Å²) in [5.74, 6) is -0.888. The molecule has 28 heavy (non-hydrogen) atoms. The molecule has 1 heterocycles. The zero-order valence-corrected chi connectivity index (χ0v) is 16.7. The second-order valence-corrected chi connectivity index (χ2v) is 7.49. The minimum atomic E-state index is -0.878. The van der Waals surface area contributed by atoms with Gasteiger partial charge >= 0.3 is 5.97 Å². The molecule has 1 N–H and O–H groups in total. The predicted molar refractivity (Wildman–Crippen MR) is 112 cm³/mol. The van der Waals surface area contributed by atoms with Crippen LogP contribution < -0.4 is 0 Å². The van der Waals surface area contributed by atoms with Gasteiger partial charge in [0.2, 0.25) is 0 Å². The third kappa shape index (κ3) is 4.63. The average molecular weight is 398 g/mol. The Morgan fingerprint density at radius 3 is 2.46 bits per heavy atom. The summed E-state index contributed by atoms with van der Waals surface area (Å²) in [5, 5.41) is 10.3. The predicted octanol–water partition coefficient (Wildman–Crippen LogP) is 5.44. The van der Waals surface area contributed by atoms with Crippen LogP contribution in [0, 0.1) is 0 Å². The number of aromatic nitrogens is 1. The molecule has 0 spiro atoms. The first-order chi connectivity index (χ1) is 13.5. The summed E-state index contributed by atoms with van der Waals surface area (Å²) in [5.41, 5.74) is 3.94. The highest BCUT2D eigenvalue weighted by molar-refractivity contribution is 6.31. The Labute approximate surface area is 169 Å². The number of nitrogens with zero attached hydrogens (tertiary/aromatic N) is 1. The molecule has 0 radical (unpaired) electrons. The van der Waals surface area contributed by atoms with E-state index < -0.39 is 5.97 Å². The molecule has 3 rings (SSSR count). The standard InChI is InChI=1S/C23H24ClNO3/c1-25-19-14-13-17(24)15-18(19)23(21(26)11-6-12-22(27)28)20(25)10-5-9-16-7-3-2-4-8-16/h2-4,7-8,13-15H,5-6,9-12H2,1H3,(H,27,28). The van der Waals surface area contributed by atoms with Gasteiger partial charge < -0.3 is 9.67 Å². The van der Waals surface area contributed by atoms with E-state index in [4.69, 9.17) is 16.7 Å². The molecule has 0 amide bonds. The summed E-state index contributed by atoms with van der Waals surface area (Å²) >= 11 is 6.19. The number of carbonyl (C=O) groups is 2. The number of aryl methyl sites for hydroxylation is 2. The number of ketones is 1. The fourth-order valence-corrected chi connectivity index (χ4v) is 3.88. The second kappa shape index (κ2) is 9.07. The van der Waals surface area contributed by atoms with E-state index in [2.05, 4.69) is 16.7 Å². The van der Waals surface area contributed by atoms with Crippen LogP contribution in [0.1, 0.15) is 47.3 Å². The van der Waals surface area contributed by atoms with E-state index >= 15 is 0 Å². The quantitative estimate of drug-likeness (QED) is 0.489. The molecule has 0 unspecified atom stereocenters. The Morgan fingerprint density at radius 2 is 1.75 bits per heavy atom. The minimum Gasteiger partial charge on any atom is -0.481 e. The summed E-state index contributed by atoms with van der Waals surface area (Å²) in [6.45, 7) is 0. The lowest BCUT2D eigenvalue weighted by Gasteiger charge is -2.08. The maximum Gasteiger partial charge on any atom is 0.303 e. The van der Waals surface area contributed by atoms with Crippen molar-refractivity contribution in [2.24, 2.45) is 7.05 Å². The summed E-state index contributed by atoms with van der Waals surface area (Å²) in [4.78, 5) is 23.8. The number of carboxylic acids is 1. The van der Waals surface area contributed by atoms with Gasteiger partial charge in [-0.15, -0.1) is 0 Å². The van der Waals surface area contributed by atoms with Crippen LogP contribution in [0.5, 0.6) is 0 Å². The Balaban J connectivity index is 1.87. The Morgan fingerprint density at radius 1 is 1.00 bits per heavy atom. The van der Waals surface area contributed by atoms with Gasteiger partial charge in [0.25, 0.3) is 0 Å². The molecule has 146 valence electrons. The monoisotopic (exact) mass is 397 g/mol. The van der Waals surface area contributed by atoms with E-state index in [1.807, 2.05) is 43.4 Å². The van der Waals surface area contributed by atoms with Crippen molar-refractivity contribution in [1.82, 2.24) is 4.57 Å². The van der Waals surface area contributed by atoms with Gasteiger partial charge in [0.15, 0.2) is 5.78 Å². The topological polar surface area (TPSA) is 59.3 Å². The molecular weight excluding hydrogens is 374 g/mol. The fourth-order valence-electron chi connectivity index (χ4n) is 3.70. The zero-order chi connectivity index (χ0) is 20.1. The van der Waals surface area contributed by atoms with Crippen molar-refractivity contribution >= 4 is 34.3 Å². The normalized spacial score (nSPS) is 11.1. The van der Waals surface area contributed by atoms with Crippen molar-refractivity contribution in [2.45, 2.75) is 38.5 Å². The Kier molecular flexibility index (Phi) is 6.53. The Hall–Kier alpha value is -2.59. The maximum absolute atomic E-state index is 13.0. The van der Waals surface area contributed by atoms with Gasteiger partial charge in [0, 0.05) is 47.1 Å². The van der Waals surface area contributed by atoms with Crippen molar-refractivity contribution < 1.29 is 14.7 Å². The number of carbonyl (C=O) groups excluding carboxylic acids is 1. The molecule has 0 saturated heterocycles. The molecule has 0 aliphatic rings. The molecule has 0 bridgehead atoms.